The number of nitrogens with two attached hydrogens (primary N) is 1. The highest BCUT2D eigenvalue weighted by molar-refractivity contribution is 4.81. The van der Waals surface area contributed by atoms with E-state index in [-0.39, 0.29) is 5.54 Å². The van der Waals surface area contributed by atoms with Crippen LogP contribution < -0.4 is 5.73 Å². The van der Waals surface area contributed by atoms with Gasteiger partial charge in [0.25, 0.3) is 0 Å². The molecule has 98 valence electrons. The molecule has 0 aromatic rings. The zero-order chi connectivity index (χ0) is 13.0. The van der Waals surface area contributed by atoms with E-state index in [1.165, 1.54) is 25.7 Å². The predicted molar refractivity (Wildman–Crippen MR) is 74.6 cm³/mol. The van der Waals surface area contributed by atoms with Crippen LogP contribution in [0.1, 0.15) is 80.6 Å². The summed E-state index contributed by atoms with van der Waals surface area (Å²) in [5.74, 6) is 0. The molecule has 16 heavy (non-hydrogen) atoms. The molecule has 1 nitrogen and oxygen atoms in total. The van der Waals surface area contributed by atoms with Crippen LogP contribution >= 0.6 is 0 Å². The minimum Gasteiger partial charge on any atom is -0.326 e. The van der Waals surface area contributed by atoms with Gasteiger partial charge < -0.3 is 5.73 Å². The lowest BCUT2D eigenvalue weighted by Crippen LogP contribution is -2.34. The van der Waals surface area contributed by atoms with Crippen molar-refractivity contribution in [3.8, 4) is 0 Å². The van der Waals surface area contributed by atoms with Crippen LogP contribution in [0.5, 0.6) is 0 Å². The van der Waals surface area contributed by atoms with Crippen molar-refractivity contribution in [2.45, 2.75) is 86.1 Å². The van der Waals surface area contributed by atoms with E-state index in [0.29, 0.717) is 10.8 Å². The van der Waals surface area contributed by atoms with Gasteiger partial charge >= 0.3 is 0 Å². The van der Waals surface area contributed by atoms with Gasteiger partial charge in [0, 0.05) is 5.54 Å². The van der Waals surface area contributed by atoms with Crippen LogP contribution in [0.2, 0.25) is 0 Å². The molecule has 2 N–H and O–H groups in total. The summed E-state index contributed by atoms with van der Waals surface area (Å²) in [5.41, 5.74) is 6.99. The van der Waals surface area contributed by atoms with Crippen molar-refractivity contribution < 1.29 is 0 Å². The van der Waals surface area contributed by atoms with Gasteiger partial charge in [0.05, 0.1) is 0 Å². The van der Waals surface area contributed by atoms with Crippen molar-refractivity contribution in [3.05, 3.63) is 0 Å². The third-order valence-electron chi connectivity index (χ3n) is 3.70. The molecule has 1 heteroatoms. The van der Waals surface area contributed by atoms with Gasteiger partial charge in [0.1, 0.15) is 0 Å². The summed E-state index contributed by atoms with van der Waals surface area (Å²) in [6.45, 7) is 16.0. The standard InChI is InChI=1S/C15H33N/c1-8-15(7,11-9-13(2,3)4)12-10-14(5,6)16/h8-12,16H2,1-7H3. The molecule has 0 aromatic heterocycles. The van der Waals surface area contributed by atoms with E-state index >= 15 is 0 Å². The average Bonchev–Trinajstić information content (AvgIpc) is 2.09. The lowest BCUT2D eigenvalue weighted by atomic mass is 9.73. The Morgan fingerprint density at radius 1 is 0.750 bits per heavy atom. The molecule has 0 bridgehead atoms. The molecule has 0 rings (SSSR count). The van der Waals surface area contributed by atoms with Crippen molar-refractivity contribution in [1.82, 2.24) is 0 Å². The van der Waals surface area contributed by atoms with E-state index in [1.54, 1.807) is 0 Å². The molecule has 0 aromatic carbocycles. The largest absolute Gasteiger partial charge is 0.326 e. The van der Waals surface area contributed by atoms with Crippen molar-refractivity contribution in [2.24, 2.45) is 16.6 Å². The smallest absolute Gasteiger partial charge is 0.00972 e. The van der Waals surface area contributed by atoms with Crippen molar-refractivity contribution >= 4 is 0 Å². The highest BCUT2D eigenvalue weighted by atomic mass is 14.7. The van der Waals surface area contributed by atoms with E-state index in [9.17, 15) is 0 Å². The van der Waals surface area contributed by atoms with Crippen LogP contribution in [0, 0.1) is 10.8 Å². The van der Waals surface area contributed by atoms with Gasteiger partial charge in [-0.25, -0.2) is 0 Å². The molecular formula is C15H33N. The minimum atomic E-state index is -0.0157. The van der Waals surface area contributed by atoms with E-state index in [4.69, 9.17) is 5.73 Å². The van der Waals surface area contributed by atoms with Crippen LogP contribution in [0.4, 0.5) is 0 Å². The Labute approximate surface area is 103 Å². The van der Waals surface area contributed by atoms with Crippen LogP contribution in [0.15, 0.2) is 0 Å². The number of hydrogen-bond acceptors (Lipinski definition) is 1. The van der Waals surface area contributed by atoms with E-state index in [1.807, 2.05) is 0 Å². The predicted octanol–water partition coefficient (Wildman–Crippen LogP) is 4.75. The monoisotopic (exact) mass is 227 g/mol. The fourth-order valence-electron chi connectivity index (χ4n) is 1.78. The Morgan fingerprint density at radius 3 is 1.50 bits per heavy atom. The first-order valence-electron chi connectivity index (χ1n) is 6.76. The molecular weight excluding hydrogens is 194 g/mol. The molecule has 1 atom stereocenters. The Morgan fingerprint density at radius 2 is 1.19 bits per heavy atom. The molecule has 0 aliphatic rings. The summed E-state index contributed by atoms with van der Waals surface area (Å²) in [6.07, 6.45) is 6.27. The summed E-state index contributed by atoms with van der Waals surface area (Å²) in [5, 5.41) is 0. The summed E-state index contributed by atoms with van der Waals surface area (Å²) in [4.78, 5) is 0. The first kappa shape index (κ1) is 16.0. The molecule has 1 unspecified atom stereocenters. The van der Waals surface area contributed by atoms with Gasteiger partial charge in [-0.2, -0.15) is 0 Å². The first-order valence-corrected chi connectivity index (χ1v) is 6.76. The highest BCUT2D eigenvalue weighted by Gasteiger charge is 2.26. The Kier molecular flexibility index (Phi) is 5.52. The lowest BCUT2D eigenvalue weighted by molar-refractivity contribution is 0.194. The Bertz CT molecular complexity index is 174. The molecule has 0 aliphatic heterocycles. The molecule has 0 aliphatic carbocycles. The maximum Gasteiger partial charge on any atom is 0.00972 e. The molecule has 0 radical (unpaired) electrons. The summed E-state index contributed by atoms with van der Waals surface area (Å²) in [7, 11) is 0. The molecule has 0 saturated heterocycles. The maximum absolute atomic E-state index is 6.08. The second kappa shape index (κ2) is 5.53. The second-order valence-electron chi connectivity index (χ2n) is 7.71. The van der Waals surface area contributed by atoms with Crippen molar-refractivity contribution in [1.29, 1.82) is 0 Å². The van der Waals surface area contributed by atoms with Crippen LogP contribution in [0.3, 0.4) is 0 Å². The molecule has 0 amide bonds. The highest BCUT2D eigenvalue weighted by Crippen LogP contribution is 2.37. The van der Waals surface area contributed by atoms with Gasteiger partial charge in [-0.05, 0) is 50.4 Å². The fraction of sp³-hybridized carbons (Fsp3) is 1.00. The molecule has 0 fully saturated rings. The summed E-state index contributed by atoms with van der Waals surface area (Å²) in [6, 6.07) is 0. The van der Waals surface area contributed by atoms with Crippen LogP contribution in [-0.2, 0) is 0 Å². The molecule has 0 spiro atoms. The summed E-state index contributed by atoms with van der Waals surface area (Å²) < 4.78 is 0. The topological polar surface area (TPSA) is 26.0 Å². The second-order valence-corrected chi connectivity index (χ2v) is 7.71. The zero-order valence-corrected chi connectivity index (χ0v) is 12.6. The number of rotatable bonds is 6. The van der Waals surface area contributed by atoms with Crippen molar-refractivity contribution in [2.75, 3.05) is 0 Å². The average molecular weight is 227 g/mol. The summed E-state index contributed by atoms with van der Waals surface area (Å²) >= 11 is 0. The van der Waals surface area contributed by atoms with Gasteiger partial charge in [0.2, 0.25) is 0 Å². The first-order chi connectivity index (χ1) is 6.97. The third-order valence-corrected chi connectivity index (χ3v) is 3.70. The van der Waals surface area contributed by atoms with E-state index in [0.717, 1.165) is 6.42 Å². The van der Waals surface area contributed by atoms with Gasteiger partial charge in [-0.15, -0.1) is 0 Å². The third kappa shape index (κ3) is 8.15. The van der Waals surface area contributed by atoms with Gasteiger partial charge in [-0.3, -0.25) is 0 Å². The molecule has 0 saturated carbocycles. The normalized spacial score (nSPS) is 17.2. The van der Waals surface area contributed by atoms with Gasteiger partial charge in [0.15, 0.2) is 0 Å². The lowest BCUT2D eigenvalue weighted by Gasteiger charge is -2.34. The molecule has 0 heterocycles. The van der Waals surface area contributed by atoms with E-state index in [2.05, 4.69) is 48.5 Å². The van der Waals surface area contributed by atoms with Crippen LogP contribution in [0.25, 0.3) is 0 Å². The SMILES string of the molecule is CCC(C)(CCC(C)(C)C)CCC(C)(C)N. The Hall–Kier alpha value is -0.0400. The maximum atomic E-state index is 6.08. The quantitative estimate of drug-likeness (QED) is 0.696. The van der Waals surface area contributed by atoms with Gasteiger partial charge in [-0.1, -0.05) is 41.0 Å². The van der Waals surface area contributed by atoms with E-state index < -0.39 is 0 Å². The fourth-order valence-corrected chi connectivity index (χ4v) is 1.78. The number of hydrogen-bond donors (Lipinski definition) is 1. The van der Waals surface area contributed by atoms with Crippen LogP contribution in [-0.4, -0.2) is 5.54 Å². The van der Waals surface area contributed by atoms with Crippen molar-refractivity contribution in [3.63, 3.8) is 0 Å². The zero-order valence-electron chi connectivity index (χ0n) is 12.6. The minimum absolute atomic E-state index is 0.0157. The Balaban J connectivity index is 4.21.